The van der Waals surface area contributed by atoms with Crippen molar-refractivity contribution in [2.75, 3.05) is 6.61 Å². The van der Waals surface area contributed by atoms with Crippen molar-refractivity contribution in [2.24, 2.45) is 0 Å². The molecule has 0 aliphatic carbocycles. The third-order valence-electron chi connectivity index (χ3n) is 2.35. The second-order valence-electron chi connectivity index (χ2n) is 6.08. The summed E-state index contributed by atoms with van der Waals surface area (Å²) < 4.78 is 34.9. The molecule has 0 saturated carbocycles. The van der Waals surface area contributed by atoms with Gasteiger partial charge in [0.15, 0.2) is 0 Å². The first-order chi connectivity index (χ1) is 9.85. The van der Waals surface area contributed by atoms with Crippen LogP contribution >= 0.6 is 0 Å². The molecule has 0 heterocycles. The molecule has 1 atom stereocenters. The number of hydrogen-bond acceptors (Lipinski definition) is 6. The predicted octanol–water partition coefficient (Wildman–Crippen LogP) is 1.14. The summed E-state index contributed by atoms with van der Waals surface area (Å²) in [7, 11) is -3.52. The van der Waals surface area contributed by atoms with E-state index in [1.807, 2.05) is 0 Å². The Morgan fingerprint density at radius 3 is 2.05 bits per heavy atom. The van der Waals surface area contributed by atoms with Gasteiger partial charge in [-0.1, -0.05) is 0 Å². The molecule has 0 amide bonds. The molecular weight excluding hydrogens is 310 g/mol. The highest BCUT2D eigenvalue weighted by molar-refractivity contribution is 7.90. The zero-order valence-corrected chi connectivity index (χ0v) is 14.7. The van der Waals surface area contributed by atoms with Crippen LogP contribution in [0.3, 0.4) is 0 Å². The summed E-state index contributed by atoms with van der Waals surface area (Å²) in [6, 6.07) is -0.579. The van der Waals surface area contributed by atoms with E-state index in [2.05, 4.69) is 4.72 Å². The maximum Gasteiger partial charge on any atom is 0.331 e. The quantitative estimate of drug-likeness (QED) is 0.553. The predicted molar refractivity (Wildman–Crippen MR) is 82.6 cm³/mol. The Hall–Kier alpha value is -1.41. The lowest BCUT2D eigenvalue weighted by Gasteiger charge is -2.22. The van der Waals surface area contributed by atoms with E-state index in [-0.39, 0.29) is 12.7 Å². The standard InChI is InChI=1S/C14H25NO6S/c1-10(2)21-13(17)8-7-12(16)20-9-11(3)15-22(18,19)14(4,5)6/h7-8,10-11,15H,9H2,1-6H3/b8-7+. The molecule has 1 unspecified atom stereocenters. The van der Waals surface area contributed by atoms with E-state index in [1.165, 1.54) is 0 Å². The minimum Gasteiger partial charge on any atom is -0.461 e. The molecule has 0 aromatic rings. The van der Waals surface area contributed by atoms with Gasteiger partial charge in [-0.3, -0.25) is 0 Å². The van der Waals surface area contributed by atoms with Gasteiger partial charge in [0, 0.05) is 12.2 Å². The number of hydrogen-bond donors (Lipinski definition) is 1. The lowest BCUT2D eigenvalue weighted by Crippen LogP contribution is -2.45. The molecule has 0 saturated heterocycles. The highest BCUT2D eigenvalue weighted by atomic mass is 32.2. The molecule has 128 valence electrons. The Labute approximate surface area is 132 Å². The van der Waals surface area contributed by atoms with Crippen molar-refractivity contribution in [2.45, 2.75) is 58.4 Å². The Morgan fingerprint density at radius 2 is 1.59 bits per heavy atom. The van der Waals surface area contributed by atoms with Crippen LogP contribution in [0.2, 0.25) is 0 Å². The average Bonchev–Trinajstić information content (AvgIpc) is 2.31. The minimum atomic E-state index is -3.52. The van der Waals surface area contributed by atoms with Gasteiger partial charge >= 0.3 is 11.9 Å². The summed E-state index contributed by atoms with van der Waals surface area (Å²) in [5.41, 5.74) is 0. The van der Waals surface area contributed by atoms with E-state index in [9.17, 15) is 18.0 Å². The van der Waals surface area contributed by atoms with Crippen LogP contribution in [0.5, 0.6) is 0 Å². The molecule has 0 aliphatic rings. The van der Waals surface area contributed by atoms with Crippen molar-refractivity contribution in [3.8, 4) is 0 Å². The highest BCUT2D eigenvalue weighted by Crippen LogP contribution is 2.13. The van der Waals surface area contributed by atoms with Gasteiger partial charge in [-0.2, -0.15) is 0 Å². The second kappa shape index (κ2) is 8.28. The lowest BCUT2D eigenvalue weighted by atomic mass is 10.3. The minimum absolute atomic E-state index is 0.141. The molecule has 0 aromatic carbocycles. The Balaban J connectivity index is 4.32. The number of carbonyl (C=O) groups excluding carboxylic acids is 2. The first kappa shape index (κ1) is 20.6. The smallest absolute Gasteiger partial charge is 0.331 e. The van der Waals surface area contributed by atoms with E-state index in [1.54, 1.807) is 41.5 Å². The van der Waals surface area contributed by atoms with Crippen molar-refractivity contribution in [1.82, 2.24) is 4.72 Å². The number of carbonyl (C=O) groups is 2. The lowest BCUT2D eigenvalue weighted by molar-refractivity contribution is -0.143. The first-order valence-electron chi connectivity index (χ1n) is 6.92. The molecule has 22 heavy (non-hydrogen) atoms. The van der Waals surface area contributed by atoms with E-state index in [4.69, 9.17) is 9.47 Å². The number of nitrogens with one attached hydrogen (secondary N) is 1. The van der Waals surface area contributed by atoms with Crippen molar-refractivity contribution in [3.63, 3.8) is 0 Å². The van der Waals surface area contributed by atoms with Gasteiger partial charge in [-0.25, -0.2) is 22.7 Å². The van der Waals surface area contributed by atoms with Crippen LogP contribution in [0.15, 0.2) is 12.2 Å². The van der Waals surface area contributed by atoms with Crippen molar-refractivity contribution in [1.29, 1.82) is 0 Å². The normalized spacial score (nSPS) is 14.1. The fourth-order valence-corrected chi connectivity index (χ4v) is 2.09. The average molecular weight is 335 g/mol. The van der Waals surface area contributed by atoms with E-state index >= 15 is 0 Å². The third kappa shape index (κ3) is 8.14. The second-order valence-corrected chi connectivity index (χ2v) is 8.55. The van der Waals surface area contributed by atoms with Gasteiger partial charge in [0.05, 0.1) is 16.9 Å². The van der Waals surface area contributed by atoms with E-state index < -0.39 is 32.8 Å². The maximum atomic E-state index is 11.9. The molecule has 8 heteroatoms. The molecular formula is C14H25NO6S. The highest BCUT2D eigenvalue weighted by Gasteiger charge is 2.30. The summed E-state index contributed by atoms with van der Waals surface area (Å²) in [4.78, 5) is 22.6. The van der Waals surface area contributed by atoms with Gasteiger partial charge in [-0.15, -0.1) is 0 Å². The third-order valence-corrected chi connectivity index (χ3v) is 4.67. The topological polar surface area (TPSA) is 98.8 Å². The number of sulfonamides is 1. The fourth-order valence-electron chi connectivity index (χ4n) is 1.14. The van der Waals surface area contributed by atoms with Crippen LogP contribution in [0.1, 0.15) is 41.5 Å². The first-order valence-corrected chi connectivity index (χ1v) is 8.41. The van der Waals surface area contributed by atoms with E-state index in [0.29, 0.717) is 0 Å². The SMILES string of the molecule is CC(COC(=O)/C=C/C(=O)OC(C)C)NS(=O)(=O)C(C)(C)C. The summed E-state index contributed by atoms with van der Waals surface area (Å²) in [6.07, 6.45) is 1.63. The summed E-state index contributed by atoms with van der Waals surface area (Å²) in [6.45, 7) is 9.51. The zero-order valence-electron chi connectivity index (χ0n) is 13.9. The van der Waals surface area contributed by atoms with Crippen molar-refractivity contribution in [3.05, 3.63) is 12.2 Å². The number of esters is 2. The van der Waals surface area contributed by atoms with Gasteiger partial charge in [0.2, 0.25) is 10.0 Å². The van der Waals surface area contributed by atoms with Gasteiger partial charge in [0.25, 0.3) is 0 Å². The summed E-state index contributed by atoms with van der Waals surface area (Å²) >= 11 is 0. The van der Waals surface area contributed by atoms with Crippen LogP contribution in [0.4, 0.5) is 0 Å². The Morgan fingerprint density at radius 1 is 1.09 bits per heavy atom. The van der Waals surface area contributed by atoms with Gasteiger partial charge < -0.3 is 9.47 Å². The van der Waals surface area contributed by atoms with Gasteiger partial charge in [-0.05, 0) is 41.5 Å². The number of ether oxygens (including phenoxy) is 2. The fraction of sp³-hybridized carbons (Fsp3) is 0.714. The molecule has 0 spiro atoms. The summed E-state index contributed by atoms with van der Waals surface area (Å²) in [5.74, 6) is -1.39. The molecule has 0 rings (SSSR count). The van der Waals surface area contributed by atoms with Crippen LogP contribution in [0.25, 0.3) is 0 Å². The molecule has 1 N–H and O–H groups in total. The van der Waals surface area contributed by atoms with Crippen LogP contribution in [-0.4, -0.2) is 43.9 Å². The largest absolute Gasteiger partial charge is 0.461 e. The molecule has 0 radical (unpaired) electrons. The molecule has 0 aromatic heterocycles. The molecule has 7 nitrogen and oxygen atoms in total. The van der Waals surface area contributed by atoms with Crippen molar-refractivity contribution >= 4 is 22.0 Å². The van der Waals surface area contributed by atoms with Crippen LogP contribution in [-0.2, 0) is 29.1 Å². The Bertz CT molecular complexity index is 516. The van der Waals surface area contributed by atoms with Gasteiger partial charge in [0.1, 0.15) is 6.61 Å². The zero-order chi connectivity index (χ0) is 17.6. The Kier molecular flexibility index (Phi) is 7.75. The monoisotopic (exact) mass is 335 g/mol. The van der Waals surface area contributed by atoms with E-state index in [0.717, 1.165) is 12.2 Å². The molecule has 0 bridgehead atoms. The maximum absolute atomic E-state index is 11.9. The molecule has 0 fully saturated rings. The molecule has 0 aliphatic heterocycles. The van der Waals surface area contributed by atoms with Crippen LogP contribution < -0.4 is 4.72 Å². The number of rotatable bonds is 7. The summed E-state index contributed by atoms with van der Waals surface area (Å²) in [5, 5.41) is 0. The van der Waals surface area contributed by atoms with Crippen molar-refractivity contribution < 1.29 is 27.5 Å². The van der Waals surface area contributed by atoms with Crippen LogP contribution in [0, 0.1) is 0 Å².